The molecule has 1 fully saturated rings. The van der Waals surface area contributed by atoms with Crippen LogP contribution in [0.1, 0.15) is 19.8 Å². The largest absolute Gasteiger partial charge is 0.493 e. The van der Waals surface area contributed by atoms with E-state index in [1.807, 2.05) is 37.3 Å². The second kappa shape index (κ2) is 8.84. The number of para-hydroxylation sites is 1. The van der Waals surface area contributed by atoms with Gasteiger partial charge in [-0.2, -0.15) is 4.31 Å². The number of benzene rings is 2. The molecule has 29 heavy (non-hydrogen) atoms. The van der Waals surface area contributed by atoms with Crippen molar-refractivity contribution in [3.05, 3.63) is 48.5 Å². The topological polar surface area (TPSA) is 76.2 Å². The van der Waals surface area contributed by atoms with Crippen LogP contribution in [0.3, 0.4) is 0 Å². The molecule has 2 aromatic rings. The molecule has 2 aromatic carbocycles. The summed E-state index contributed by atoms with van der Waals surface area (Å²) in [5, 5.41) is 0. The van der Waals surface area contributed by atoms with E-state index in [1.165, 1.54) is 30.7 Å². The van der Waals surface area contributed by atoms with Crippen molar-refractivity contribution in [1.82, 2.24) is 4.31 Å². The van der Waals surface area contributed by atoms with Gasteiger partial charge in [0.15, 0.2) is 11.5 Å². The lowest BCUT2D eigenvalue weighted by Gasteiger charge is -2.29. The second-order valence-corrected chi connectivity index (χ2v) is 8.60. The maximum absolute atomic E-state index is 13.3. The van der Waals surface area contributed by atoms with Crippen molar-refractivity contribution < 1.29 is 22.7 Å². The number of methoxy groups -OCH3 is 2. The second-order valence-electron chi connectivity index (χ2n) is 6.71. The van der Waals surface area contributed by atoms with Gasteiger partial charge < -0.3 is 14.4 Å². The number of nitrogens with zero attached hydrogens (tertiary/aromatic N) is 2. The van der Waals surface area contributed by atoms with Crippen LogP contribution in [0.25, 0.3) is 0 Å². The molecule has 1 saturated heterocycles. The highest BCUT2D eigenvalue weighted by Crippen LogP contribution is 2.33. The van der Waals surface area contributed by atoms with Crippen molar-refractivity contribution in [3.8, 4) is 11.5 Å². The van der Waals surface area contributed by atoms with Crippen LogP contribution in [0.5, 0.6) is 11.5 Å². The van der Waals surface area contributed by atoms with Crippen molar-refractivity contribution in [2.75, 3.05) is 32.2 Å². The number of carbonyl (C=O) groups excluding carboxylic acids is 1. The highest BCUT2D eigenvalue weighted by atomic mass is 32.2. The minimum atomic E-state index is -3.86. The first kappa shape index (κ1) is 21.1. The van der Waals surface area contributed by atoms with E-state index >= 15 is 0 Å². The van der Waals surface area contributed by atoms with Crippen molar-refractivity contribution in [2.45, 2.75) is 30.7 Å². The molecule has 7 nitrogen and oxygen atoms in total. The molecule has 1 atom stereocenters. The molecular weight excluding hydrogens is 392 g/mol. The van der Waals surface area contributed by atoms with E-state index in [-0.39, 0.29) is 10.8 Å². The molecule has 156 valence electrons. The Morgan fingerprint density at radius 1 is 1.10 bits per heavy atom. The molecule has 1 amide bonds. The highest BCUT2D eigenvalue weighted by molar-refractivity contribution is 7.89. The van der Waals surface area contributed by atoms with Crippen molar-refractivity contribution in [1.29, 1.82) is 0 Å². The summed E-state index contributed by atoms with van der Waals surface area (Å²) in [7, 11) is -0.920. The molecule has 1 aliphatic rings. The van der Waals surface area contributed by atoms with E-state index in [9.17, 15) is 13.2 Å². The Bertz CT molecular complexity index is 962. The summed E-state index contributed by atoms with van der Waals surface area (Å²) in [5.41, 5.74) is 0.760. The molecule has 0 bridgehead atoms. The summed E-state index contributed by atoms with van der Waals surface area (Å²) in [4.78, 5) is 15.0. The number of amides is 1. The number of carbonyl (C=O) groups is 1. The van der Waals surface area contributed by atoms with Crippen LogP contribution in [-0.4, -0.2) is 52.0 Å². The average Bonchev–Trinajstić information content (AvgIpc) is 3.25. The monoisotopic (exact) mass is 418 g/mol. The summed E-state index contributed by atoms with van der Waals surface area (Å²) in [5.74, 6) is 0.567. The van der Waals surface area contributed by atoms with Gasteiger partial charge in [-0.15, -0.1) is 0 Å². The van der Waals surface area contributed by atoms with Crippen LogP contribution in [-0.2, 0) is 14.8 Å². The molecule has 0 spiro atoms. The fraction of sp³-hybridized carbons (Fsp3) is 0.381. The normalized spacial score (nSPS) is 17.1. The fourth-order valence-electron chi connectivity index (χ4n) is 3.64. The van der Waals surface area contributed by atoms with Gasteiger partial charge in [0, 0.05) is 24.8 Å². The quantitative estimate of drug-likeness (QED) is 0.691. The van der Waals surface area contributed by atoms with Gasteiger partial charge in [-0.25, -0.2) is 8.42 Å². The van der Waals surface area contributed by atoms with Gasteiger partial charge in [0.1, 0.15) is 6.04 Å². The van der Waals surface area contributed by atoms with Gasteiger partial charge in [0.25, 0.3) is 0 Å². The van der Waals surface area contributed by atoms with Gasteiger partial charge in [-0.3, -0.25) is 4.79 Å². The van der Waals surface area contributed by atoms with Crippen LogP contribution in [0.2, 0.25) is 0 Å². The number of hydrogen-bond acceptors (Lipinski definition) is 5. The molecule has 0 radical (unpaired) electrons. The molecule has 0 saturated carbocycles. The summed E-state index contributed by atoms with van der Waals surface area (Å²) < 4.78 is 38.4. The van der Waals surface area contributed by atoms with Crippen LogP contribution >= 0.6 is 0 Å². The van der Waals surface area contributed by atoms with E-state index in [4.69, 9.17) is 9.47 Å². The minimum Gasteiger partial charge on any atom is -0.493 e. The highest BCUT2D eigenvalue weighted by Gasteiger charge is 2.41. The molecular formula is C21H26N2O5S. The standard InChI is InChI=1S/C21H26N2O5S/c1-4-22(16-9-6-5-7-10-16)21(24)18-11-8-14-23(18)29(25,26)17-12-13-19(27-2)20(15-17)28-3/h5-7,9-10,12-13,15,18H,4,8,11,14H2,1-3H3. The van der Waals surface area contributed by atoms with Gasteiger partial charge in [0.05, 0.1) is 19.1 Å². The first-order chi connectivity index (χ1) is 13.9. The fourth-order valence-corrected chi connectivity index (χ4v) is 5.31. The Morgan fingerprint density at radius 3 is 2.41 bits per heavy atom. The summed E-state index contributed by atoms with van der Waals surface area (Å²) >= 11 is 0. The van der Waals surface area contributed by atoms with Crippen LogP contribution in [0.15, 0.2) is 53.4 Å². The molecule has 8 heteroatoms. The third-order valence-corrected chi connectivity index (χ3v) is 7.00. The van der Waals surface area contributed by atoms with Crippen molar-refractivity contribution in [3.63, 3.8) is 0 Å². The number of rotatable bonds is 7. The van der Waals surface area contributed by atoms with E-state index in [2.05, 4.69) is 0 Å². The van der Waals surface area contributed by atoms with E-state index in [0.29, 0.717) is 37.4 Å². The lowest BCUT2D eigenvalue weighted by Crippen LogP contribution is -2.47. The first-order valence-electron chi connectivity index (χ1n) is 9.54. The Balaban J connectivity index is 1.92. The molecule has 1 aliphatic heterocycles. The zero-order valence-electron chi connectivity index (χ0n) is 16.9. The summed E-state index contributed by atoms with van der Waals surface area (Å²) in [6.07, 6.45) is 1.13. The lowest BCUT2D eigenvalue weighted by molar-refractivity contribution is -0.121. The molecule has 1 unspecified atom stereocenters. The van der Waals surface area contributed by atoms with Crippen molar-refractivity contribution in [2.24, 2.45) is 0 Å². The number of likely N-dealkylation sites (N-methyl/N-ethyl adjacent to an activating group) is 1. The third-order valence-electron chi connectivity index (χ3n) is 5.10. The first-order valence-corrected chi connectivity index (χ1v) is 11.0. The van der Waals surface area contributed by atoms with Gasteiger partial charge >= 0.3 is 0 Å². The maximum atomic E-state index is 13.3. The summed E-state index contributed by atoms with van der Waals surface area (Å²) in [6, 6.07) is 13.0. The van der Waals surface area contributed by atoms with E-state index in [1.54, 1.807) is 11.0 Å². The zero-order valence-corrected chi connectivity index (χ0v) is 17.7. The molecule has 0 aromatic heterocycles. The number of anilines is 1. The minimum absolute atomic E-state index is 0.0811. The Morgan fingerprint density at radius 2 is 1.79 bits per heavy atom. The molecule has 1 heterocycles. The predicted molar refractivity (Wildman–Crippen MR) is 111 cm³/mol. The SMILES string of the molecule is CCN(C(=O)C1CCCN1S(=O)(=O)c1ccc(OC)c(OC)c1)c1ccccc1. The Labute approximate surface area is 171 Å². The maximum Gasteiger partial charge on any atom is 0.245 e. The third kappa shape index (κ3) is 4.09. The van der Waals surface area contributed by atoms with Gasteiger partial charge in [-0.1, -0.05) is 18.2 Å². The Hall–Kier alpha value is -2.58. The van der Waals surface area contributed by atoms with Crippen molar-refractivity contribution >= 4 is 21.6 Å². The van der Waals surface area contributed by atoms with E-state index < -0.39 is 16.1 Å². The molecule has 0 N–H and O–H groups in total. The predicted octanol–water partition coefficient (Wildman–Crippen LogP) is 2.91. The molecule has 3 rings (SSSR count). The number of hydrogen-bond donors (Lipinski definition) is 0. The molecule has 0 aliphatic carbocycles. The zero-order chi connectivity index (χ0) is 21.0. The van der Waals surface area contributed by atoms with Gasteiger partial charge in [0.2, 0.25) is 15.9 Å². The Kier molecular flexibility index (Phi) is 6.44. The van der Waals surface area contributed by atoms with Crippen LogP contribution in [0, 0.1) is 0 Å². The van der Waals surface area contributed by atoms with Crippen LogP contribution in [0.4, 0.5) is 5.69 Å². The number of ether oxygens (including phenoxy) is 2. The van der Waals surface area contributed by atoms with Crippen LogP contribution < -0.4 is 14.4 Å². The van der Waals surface area contributed by atoms with Gasteiger partial charge in [-0.05, 0) is 44.0 Å². The van der Waals surface area contributed by atoms with E-state index in [0.717, 1.165) is 5.69 Å². The number of sulfonamides is 1. The average molecular weight is 419 g/mol. The smallest absolute Gasteiger partial charge is 0.245 e. The summed E-state index contributed by atoms with van der Waals surface area (Å²) in [6.45, 7) is 2.65. The lowest BCUT2D eigenvalue weighted by atomic mass is 10.2.